The van der Waals surface area contributed by atoms with Crippen LogP contribution in [0.15, 0.2) is 18.2 Å². The van der Waals surface area contributed by atoms with E-state index in [-0.39, 0.29) is 11.3 Å². The molecule has 0 fully saturated rings. The van der Waals surface area contributed by atoms with Crippen LogP contribution in [0.2, 0.25) is 0 Å². The van der Waals surface area contributed by atoms with Crippen LogP contribution in [0.3, 0.4) is 0 Å². The van der Waals surface area contributed by atoms with Gasteiger partial charge in [-0.1, -0.05) is 12.1 Å². The van der Waals surface area contributed by atoms with E-state index in [4.69, 9.17) is 5.73 Å². The minimum atomic E-state index is -4.50. The summed E-state index contributed by atoms with van der Waals surface area (Å²) in [5.74, 6) is -0.769. The van der Waals surface area contributed by atoms with Crippen LogP contribution in [-0.4, -0.2) is 12.5 Å². The molecule has 1 aromatic rings. The van der Waals surface area contributed by atoms with Crippen molar-refractivity contribution in [1.29, 1.82) is 0 Å². The van der Waals surface area contributed by atoms with Crippen molar-refractivity contribution in [3.05, 3.63) is 23.8 Å². The molecule has 18 heavy (non-hydrogen) atoms. The Morgan fingerprint density at radius 1 is 1.22 bits per heavy atom. The number of benzene rings is 1. The lowest BCUT2D eigenvalue weighted by molar-refractivity contribution is -0.287. The molecular weight excluding hydrogens is 261 g/mol. The van der Waals surface area contributed by atoms with Gasteiger partial charge >= 0.3 is 12.5 Å². The Kier molecular flexibility index (Phi) is 2.84. The summed E-state index contributed by atoms with van der Waals surface area (Å²) in [7, 11) is 0. The Bertz CT molecular complexity index is 460. The number of fused-ring (bicyclic) bond motifs is 1. The number of ether oxygens (including phenoxy) is 2. The summed E-state index contributed by atoms with van der Waals surface area (Å²) >= 11 is 0. The molecule has 2 N–H and O–H groups in total. The molecular formula is C10H8F5NO2. The zero-order chi connectivity index (χ0) is 13.6. The number of para-hydroxylation sites is 1. The molecule has 0 aromatic heterocycles. The molecule has 1 atom stereocenters. The Balaban J connectivity index is 2.29. The molecule has 1 aliphatic rings. The van der Waals surface area contributed by atoms with Gasteiger partial charge in [-0.05, 0) is 6.07 Å². The zero-order valence-electron chi connectivity index (χ0n) is 8.80. The number of halogens is 5. The fourth-order valence-electron chi connectivity index (χ4n) is 1.64. The molecule has 0 unspecified atom stereocenters. The predicted molar refractivity (Wildman–Crippen MR) is 50.2 cm³/mol. The van der Waals surface area contributed by atoms with Crippen molar-refractivity contribution in [2.75, 3.05) is 0 Å². The van der Waals surface area contributed by atoms with E-state index in [0.717, 1.165) is 0 Å². The van der Waals surface area contributed by atoms with E-state index in [2.05, 4.69) is 9.47 Å². The van der Waals surface area contributed by atoms with Gasteiger partial charge in [-0.15, -0.1) is 8.78 Å². The maximum absolute atomic E-state index is 12.8. The lowest BCUT2D eigenvalue weighted by atomic mass is 10.0. The predicted octanol–water partition coefficient (Wildman–Crippen LogP) is 2.96. The summed E-state index contributed by atoms with van der Waals surface area (Å²) in [5.41, 5.74) is 5.18. The minimum absolute atomic E-state index is 0.165. The van der Waals surface area contributed by atoms with Gasteiger partial charge in [0.15, 0.2) is 11.5 Å². The fourth-order valence-corrected chi connectivity index (χ4v) is 1.64. The number of alkyl halides is 5. The summed E-state index contributed by atoms with van der Waals surface area (Å²) < 4.78 is 70.5. The SMILES string of the molecule is N[C@@H](CC(F)(F)F)c1cccc2c1OC(F)(F)O2. The number of rotatable bonds is 2. The van der Waals surface area contributed by atoms with E-state index in [1.807, 2.05) is 0 Å². The smallest absolute Gasteiger partial charge is 0.395 e. The normalized spacial score (nSPS) is 18.8. The standard InChI is InChI=1S/C10H8F5NO2/c11-9(12,13)4-6(16)5-2-1-3-7-8(5)18-10(14,15)17-7/h1-3,6H,4,16H2/t6-/m0/s1. The molecule has 1 heterocycles. The molecule has 0 bridgehead atoms. The van der Waals surface area contributed by atoms with Gasteiger partial charge in [-0.2, -0.15) is 13.2 Å². The van der Waals surface area contributed by atoms with E-state index in [1.54, 1.807) is 0 Å². The maximum atomic E-state index is 12.8. The molecule has 0 saturated carbocycles. The first-order valence-electron chi connectivity index (χ1n) is 4.89. The van der Waals surface area contributed by atoms with E-state index in [0.29, 0.717) is 0 Å². The summed E-state index contributed by atoms with van der Waals surface area (Å²) in [6.45, 7) is 0. The van der Waals surface area contributed by atoms with E-state index >= 15 is 0 Å². The van der Waals surface area contributed by atoms with Gasteiger partial charge in [0.2, 0.25) is 0 Å². The van der Waals surface area contributed by atoms with Gasteiger partial charge in [-0.3, -0.25) is 0 Å². The van der Waals surface area contributed by atoms with Gasteiger partial charge in [-0.25, -0.2) is 0 Å². The van der Waals surface area contributed by atoms with Crippen molar-refractivity contribution >= 4 is 0 Å². The largest absolute Gasteiger partial charge is 0.586 e. The number of hydrogen-bond acceptors (Lipinski definition) is 3. The first kappa shape index (κ1) is 12.9. The molecule has 8 heteroatoms. The van der Waals surface area contributed by atoms with Crippen molar-refractivity contribution in [2.45, 2.75) is 24.9 Å². The topological polar surface area (TPSA) is 44.5 Å². The second-order valence-corrected chi connectivity index (χ2v) is 3.77. The first-order chi connectivity index (χ1) is 8.18. The highest BCUT2D eigenvalue weighted by molar-refractivity contribution is 5.50. The lowest BCUT2D eigenvalue weighted by Gasteiger charge is -2.16. The molecule has 3 nitrogen and oxygen atoms in total. The zero-order valence-corrected chi connectivity index (χ0v) is 8.80. The molecule has 2 rings (SSSR count). The molecule has 1 aliphatic heterocycles. The first-order valence-corrected chi connectivity index (χ1v) is 4.89. The summed E-state index contributed by atoms with van der Waals surface area (Å²) in [6, 6.07) is 2.15. The summed E-state index contributed by atoms with van der Waals surface area (Å²) in [6.07, 6.45) is -9.71. The van der Waals surface area contributed by atoms with Gasteiger partial charge < -0.3 is 15.2 Å². The summed E-state index contributed by atoms with van der Waals surface area (Å²) in [5, 5.41) is 0. The minimum Gasteiger partial charge on any atom is -0.395 e. The molecule has 100 valence electrons. The molecule has 0 saturated heterocycles. The number of nitrogens with two attached hydrogens (primary N) is 1. The van der Waals surface area contributed by atoms with Gasteiger partial charge in [0, 0.05) is 11.6 Å². The molecule has 0 radical (unpaired) electrons. The van der Waals surface area contributed by atoms with E-state index < -0.39 is 30.7 Å². The average Bonchev–Trinajstić information content (AvgIpc) is 2.47. The molecule has 0 aliphatic carbocycles. The molecule has 0 spiro atoms. The van der Waals surface area contributed by atoms with Crippen LogP contribution < -0.4 is 15.2 Å². The van der Waals surface area contributed by atoms with Crippen molar-refractivity contribution in [3.8, 4) is 11.5 Å². The Labute approximate surface area is 98.3 Å². The van der Waals surface area contributed by atoms with Crippen molar-refractivity contribution < 1.29 is 31.4 Å². The van der Waals surface area contributed by atoms with Crippen LogP contribution in [-0.2, 0) is 0 Å². The Morgan fingerprint density at radius 3 is 2.50 bits per heavy atom. The molecule has 1 aromatic carbocycles. The van der Waals surface area contributed by atoms with Crippen LogP contribution in [0, 0.1) is 0 Å². The van der Waals surface area contributed by atoms with E-state index in [1.165, 1.54) is 18.2 Å². The second kappa shape index (κ2) is 3.98. The van der Waals surface area contributed by atoms with Crippen LogP contribution in [0.4, 0.5) is 22.0 Å². The lowest BCUT2D eigenvalue weighted by Crippen LogP contribution is -2.26. The van der Waals surface area contributed by atoms with Crippen LogP contribution in [0.1, 0.15) is 18.0 Å². The monoisotopic (exact) mass is 269 g/mol. The third-order valence-corrected chi connectivity index (χ3v) is 2.31. The highest BCUT2D eigenvalue weighted by atomic mass is 19.4. The van der Waals surface area contributed by atoms with Gasteiger partial charge in [0.25, 0.3) is 0 Å². The van der Waals surface area contributed by atoms with Gasteiger partial charge in [0.05, 0.1) is 6.42 Å². The molecule has 0 amide bonds. The average molecular weight is 269 g/mol. The highest BCUT2D eigenvalue weighted by Gasteiger charge is 2.45. The van der Waals surface area contributed by atoms with Crippen LogP contribution in [0.5, 0.6) is 11.5 Å². The quantitative estimate of drug-likeness (QED) is 0.839. The number of hydrogen-bond donors (Lipinski definition) is 1. The van der Waals surface area contributed by atoms with Crippen molar-refractivity contribution in [3.63, 3.8) is 0 Å². The van der Waals surface area contributed by atoms with E-state index in [9.17, 15) is 22.0 Å². The second-order valence-electron chi connectivity index (χ2n) is 3.77. The maximum Gasteiger partial charge on any atom is 0.586 e. The fraction of sp³-hybridized carbons (Fsp3) is 0.400. The third kappa shape index (κ3) is 2.63. The van der Waals surface area contributed by atoms with Crippen LogP contribution in [0.25, 0.3) is 0 Å². The summed E-state index contributed by atoms with van der Waals surface area (Å²) in [4.78, 5) is 0. The van der Waals surface area contributed by atoms with Crippen molar-refractivity contribution in [1.82, 2.24) is 0 Å². The van der Waals surface area contributed by atoms with Crippen LogP contribution >= 0.6 is 0 Å². The van der Waals surface area contributed by atoms with Gasteiger partial charge in [0.1, 0.15) is 0 Å². The third-order valence-electron chi connectivity index (χ3n) is 2.31. The Hall–Kier alpha value is -1.57. The Morgan fingerprint density at radius 2 is 1.89 bits per heavy atom. The van der Waals surface area contributed by atoms with Crippen molar-refractivity contribution in [2.24, 2.45) is 5.73 Å². The highest BCUT2D eigenvalue weighted by Crippen LogP contribution is 2.46.